The molecule has 1 N–H and O–H groups in total. The Kier molecular flexibility index (Phi) is 4.20. The van der Waals surface area contributed by atoms with Crippen LogP contribution in [-0.4, -0.2) is 19.4 Å². The fraction of sp³-hybridized carbons (Fsp3) is 0.250. The third-order valence-corrected chi connectivity index (χ3v) is 2.05. The van der Waals surface area contributed by atoms with Gasteiger partial charge < -0.3 is 10.1 Å². The highest BCUT2D eigenvalue weighted by Gasteiger charge is 2.15. The van der Waals surface area contributed by atoms with E-state index in [-0.39, 0.29) is 29.4 Å². The molecule has 0 aliphatic rings. The smallest absolute Gasteiger partial charge is 0.167 e. The molecule has 92 valence electrons. The van der Waals surface area contributed by atoms with E-state index in [2.05, 4.69) is 11.9 Å². The molecule has 0 aliphatic carbocycles. The number of anilines is 1. The van der Waals surface area contributed by atoms with Crippen LogP contribution in [0.25, 0.3) is 5.76 Å². The Morgan fingerprint density at radius 2 is 2.12 bits per heavy atom. The Bertz CT molecular complexity index is 458. The second-order valence-corrected chi connectivity index (χ2v) is 3.47. The van der Waals surface area contributed by atoms with Crippen molar-refractivity contribution in [3.05, 3.63) is 35.9 Å². The number of rotatable bonds is 5. The molecule has 0 fully saturated rings. The summed E-state index contributed by atoms with van der Waals surface area (Å²) in [4.78, 5) is 10.7. The third kappa shape index (κ3) is 3.27. The van der Waals surface area contributed by atoms with Gasteiger partial charge in [-0.25, -0.2) is 8.78 Å². The van der Waals surface area contributed by atoms with Gasteiger partial charge in [-0.2, -0.15) is 0 Å². The lowest BCUT2D eigenvalue weighted by atomic mass is 10.1. The van der Waals surface area contributed by atoms with Gasteiger partial charge in [-0.05, 0) is 13.0 Å². The van der Waals surface area contributed by atoms with Crippen LogP contribution in [0.2, 0.25) is 0 Å². The molecule has 0 spiro atoms. The summed E-state index contributed by atoms with van der Waals surface area (Å²) >= 11 is 0. The summed E-state index contributed by atoms with van der Waals surface area (Å²) in [6.07, 6.45) is 0. The van der Waals surface area contributed by atoms with Gasteiger partial charge >= 0.3 is 0 Å². The van der Waals surface area contributed by atoms with Gasteiger partial charge in [-0.3, -0.25) is 4.79 Å². The van der Waals surface area contributed by atoms with Gasteiger partial charge in [-0.15, -0.1) is 0 Å². The van der Waals surface area contributed by atoms with Crippen LogP contribution >= 0.6 is 0 Å². The first kappa shape index (κ1) is 13.2. The predicted molar refractivity (Wildman–Crippen MR) is 61.6 cm³/mol. The lowest BCUT2D eigenvalue weighted by Gasteiger charge is -2.13. The summed E-state index contributed by atoms with van der Waals surface area (Å²) in [5.41, 5.74) is 0.242. The minimum Gasteiger partial charge on any atom is -0.486 e. The van der Waals surface area contributed by atoms with Gasteiger partial charge in [0.25, 0.3) is 0 Å². The molecule has 0 atom stereocenters. The zero-order valence-electron chi connectivity index (χ0n) is 9.64. The van der Waals surface area contributed by atoms with E-state index in [4.69, 9.17) is 4.74 Å². The summed E-state index contributed by atoms with van der Waals surface area (Å²) in [5.74, 6) is -1.71. The molecule has 0 amide bonds. The summed E-state index contributed by atoms with van der Waals surface area (Å²) in [6.45, 7) is 4.66. The highest BCUT2D eigenvalue weighted by molar-refractivity contribution is 5.79. The van der Waals surface area contributed by atoms with E-state index in [0.717, 1.165) is 12.1 Å². The lowest BCUT2D eigenvalue weighted by Crippen LogP contribution is -2.06. The fourth-order valence-electron chi connectivity index (χ4n) is 1.32. The second-order valence-electron chi connectivity index (χ2n) is 3.47. The largest absolute Gasteiger partial charge is 0.486 e. The maximum Gasteiger partial charge on any atom is 0.167 e. The molecule has 0 saturated carbocycles. The van der Waals surface area contributed by atoms with E-state index in [9.17, 15) is 13.6 Å². The van der Waals surface area contributed by atoms with Gasteiger partial charge in [0.15, 0.2) is 5.78 Å². The standard InChI is InChI=1S/C12H13F2NO2/c1-7(16)6-17-8(2)12-10(14)4-9(13)5-11(12)15-3/h4-5,15H,2,6H2,1,3H3. The Morgan fingerprint density at radius 3 is 2.65 bits per heavy atom. The average molecular weight is 241 g/mol. The van der Waals surface area contributed by atoms with Gasteiger partial charge in [0.05, 0.1) is 11.3 Å². The van der Waals surface area contributed by atoms with Crippen molar-refractivity contribution >= 4 is 17.2 Å². The Balaban J connectivity index is 3.03. The Labute approximate surface area is 98.1 Å². The number of nitrogens with one attached hydrogen (secondary N) is 1. The number of carbonyl (C=O) groups excluding carboxylic acids is 1. The van der Waals surface area contributed by atoms with E-state index in [1.807, 2.05) is 0 Å². The van der Waals surface area contributed by atoms with Crippen LogP contribution in [-0.2, 0) is 9.53 Å². The molecule has 0 radical (unpaired) electrons. The number of benzene rings is 1. The van der Waals surface area contributed by atoms with Gasteiger partial charge in [0, 0.05) is 13.1 Å². The molecule has 0 unspecified atom stereocenters. The number of hydrogen-bond donors (Lipinski definition) is 1. The minimum atomic E-state index is -0.789. The van der Waals surface area contributed by atoms with E-state index in [1.54, 1.807) is 0 Å². The summed E-state index contributed by atoms with van der Waals surface area (Å²) in [7, 11) is 1.52. The first-order valence-electron chi connectivity index (χ1n) is 4.94. The molecular formula is C12H13F2NO2. The topological polar surface area (TPSA) is 38.3 Å². The van der Waals surface area contributed by atoms with Crippen LogP contribution < -0.4 is 5.32 Å². The number of halogens is 2. The van der Waals surface area contributed by atoms with Crippen LogP contribution in [0, 0.1) is 11.6 Å². The van der Waals surface area contributed by atoms with E-state index in [0.29, 0.717) is 0 Å². The highest BCUT2D eigenvalue weighted by Crippen LogP contribution is 2.27. The number of ketones is 1. The predicted octanol–water partition coefficient (Wildman–Crippen LogP) is 2.58. The molecule has 3 nitrogen and oxygen atoms in total. The zero-order valence-corrected chi connectivity index (χ0v) is 9.64. The van der Waals surface area contributed by atoms with Crippen molar-refractivity contribution in [3.8, 4) is 0 Å². The molecule has 1 rings (SSSR count). The monoisotopic (exact) mass is 241 g/mol. The fourth-order valence-corrected chi connectivity index (χ4v) is 1.32. The second kappa shape index (κ2) is 5.43. The molecule has 0 aliphatic heterocycles. The van der Waals surface area contributed by atoms with Crippen molar-refractivity contribution in [1.82, 2.24) is 0 Å². The first-order chi connectivity index (χ1) is 7.95. The van der Waals surface area contributed by atoms with Crippen LogP contribution in [0.1, 0.15) is 12.5 Å². The average Bonchev–Trinajstić information content (AvgIpc) is 2.24. The van der Waals surface area contributed by atoms with Crippen LogP contribution in [0.15, 0.2) is 18.7 Å². The first-order valence-corrected chi connectivity index (χ1v) is 4.94. The molecular weight excluding hydrogens is 228 g/mol. The molecule has 17 heavy (non-hydrogen) atoms. The highest BCUT2D eigenvalue weighted by atomic mass is 19.1. The molecule has 1 aromatic carbocycles. The van der Waals surface area contributed by atoms with Crippen molar-refractivity contribution in [1.29, 1.82) is 0 Å². The molecule has 0 aromatic heterocycles. The molecule has 1 aromatic rings. The lowest BCUT2D eigenvalue weighted by molar-refractivity contribution is -0.119. The maximum atomic E-state index is 13.6. The minimum absolute atomic E-state index is 0.0120. The zero-order chi connectivity index (χ0) is 13.0. The quantitative estimate of drug-likeness (QED) is 0.805. The summed E-state index contributed by atoms with van der Waals surface area (Å²) < 4.78 is 31.5. The number of ether oxygens (including phenoxy) is 1. The summed E-state index contributed by atoms with van der Waals surface area (Å²) in [6, 6.07) is 1.86. The van der Waals surface area contributed by atoms with Gasteiger partial charge in [0.1, 0.15) is 24.0 Å². The number of hydrogen-bond acceptors (Lipinski definition) is 3. The van der Waals surface area contributed by atoms with Crippen LogP contribution in [0.5, 0.6) is 0 Å². The van der Waals surface area contributed by atoms with E-state index < -0.39 is 11.6 Å². The van der Waals surface area contributed by atoms with Gasteiger partial charge in [0.2, 0.25) is 0 Å². The van der Waals surface area contributed by atoms with Crippen molar-refractivity contribution in [2.75, 3.05) is 19.0 Å². The molecule has 0 heterocycles. The molecule has 0 bridgehead atoms. The van der Waals surface area contributed by atoms with Gasteiger partial charge in [-0.1, -0.05) is 6.58 Å². The SMILES string of the molecule is C=C(OCC(C)=O)c1c(F)cc(F)cc1NC. The normalized spacial score (nSPS) is 9.88. The van der Waals surface area contributed by atoms with E-state index in [1.165, 1.54) is 14.0 Å². The van der Waals surface area contributed by atoms with Crippen molar-refractivity contribution < 1.29 is 18.3 Å². The number of carbonyl (C=O) groups is 1. The van der Waals surface area contributed by atoms with Crippen molar-refractivity contribution in [2.24, 2.45) is 0 Å². The van der Waals surface area contributed by atoms with Crippen molar-refractivity contribution in [3.63, 3.8) is 0 Å². The number of Topliss-reactive ketones (excluding diaryl/α,β-unsaturated/α-hetero) is 1. The van der Waals surface area contributed by atoms with Crippen molar-refractivity contribution in [2.45, 2.75) is 6.92 Å². The maximum absolute atomic E-state index is 13.6. The third-order valence-electron chi connectivity index (χ3n) is 2.05. The van der Waals surface area contributed by atoms with Crippen LogP contribution in [0.4, 0.5) is 14.5 Å². The van der Waals surface area contributed by atoms with E-state index >= 15 is 0 Å². The van der Waals surface area contributed by atoms with Crippen LogP contribution in [0.3, 0.4) is 0 Å². The summed E-state index contributed by atoms with van der Waals surface area (Å²) in [5, 5.41) is 2.64. The Hall–Kier alpha value is -1.91. The Morgan fingerprint density at radius 1 is 1.47 bits per heavy atom. The molecule has 5 heteroatoms. The molecule has 0 saturated heterocycles.